The van der Waals surface area contributed by atoms with Crippen molar-refractivity contribution in [3.8, 4) is 5.75 Å². The molecule has 0 aromatic heterocycles. The van der Waals surface area contributed by atoms with Crippen LogP contribution in [0.15, 0.2) is 24.3 Å². The molecule has 18 heteroatoms. The number of benzene rings is 1. The lowest BCUT2D eigenvalue weighted by Gasteiger charge is -2.30. The standard InChI is InChI=1S/C44H71N7O11/c1-8-9-10-11-12-13-14-15-16-26(4)34-24-36(55)50-38(29(7)52)43(60)47-27(5)39(56)46-28(6)40(57)48-32(21-22-35(45)54)41(58)49-33(23-30-17-19-31(53)20-18-30)42(59)51-37(25(2)3)44(61)62-34/h17-20,25-29,32-34,37-38,52-53H,8-16,21-24H2,1-7H3,(H2,45,54)(H,46,56)(H,47,60)(H,48,57)(H,49,58)(H,50,55)(H,51,59)/t26-,27-,28+,29+,32?,33+,34?,37?,38?/m0/s1. The molecule has 1 aromatic rings. The Balaban J connectivity index is 2.58. The molecule has 0 aliphatic carbocycles. The van der Waals surface area contributed by atoms with Gasteiger partial charge in [0.25, 0.3) is 0 Å². The maximum absolute atomic E-state index is 14.2. The van der Waals surface area contributed by atoms with Gasteiger partial charge in [-0.2, -0.15) is 0 Å². The minimum Gasteiger partial charge on any atom is -0.508 e. The van der Waals surface area contributed by atoms with E-state index >= 15 is 0 Å². The minimum absolute atomic E-state index is 0.0409. The van der Waals surface area contributed by atoms with E-state index in [1.807, 2.05) is 6.92 Å². The van der Waals surface area contributed by atoms with Crippen molar-refractivity contribution in [1.82, 2.24) is 31.9 Å². The van der Waals surface area contributed by atoms with Crippen LogP contribution in [0.5, 0.6) is 5.75 Å². The number of esters is 1. The van der Waals surface area contributed by atoms with E-state index < -0.39 is 108 Å². The van der Waals surface area contributed by atoms with E-state index in [0.717, 1.165) is 38.5 Å². The van der Waals surface area contributed by atoms with Gasteiger partial charge in [0.05, 0.1) is 12.5 Å². The van der Waals surface area contributed by atoms with Crippen LogP contribution in [0.1, 0.15) is 131 Å². The second-order valence-electron chi connectivity index (χ2n) is 16.9. The summed E-state index contributed by atoms with van der Waals surface area (Å²) in [5.41, 5.74) is 5.89. The van der Waals surface area contributed by atoms with Crippen LogP contribution in [0.25, 0.3) is 0 Å². The number of ether oxygens (including phenoxy) is 1. The summed E-state index contributed by atoms with van der Waals surface area (Å²) in [7, 11) is 0. The summed E-state index contributed by atoms with van der Waals surface area (Å²) < 4.78 is 6.04. The van der Waals surface area contributed by atoms with Crippen LogP contribution in [0.3, 0.4) is 0 Å². The van der Waals surface area contributed by atoms with E-state index in [0.29, 0.717) is 12.0 Å². The van der Waals surface area contributed by atoms with Gasteiger partial charge in [-0.3, -0.25) is 33.6 Å². The van der Waals surface area contributed by atoms with Gasteiger partial charge in [-0.05, 0) is 63.1 Å². The van der Waals surface area contributed by atoms with Crippen molar-refractivity contribution < 1.29 is 53.3 Å². The lowest BCUT2D eigenvalue weighted by molar-refractivity contribution is -0.158. The maximum Gasteiger partial charge on any atom is 0.329 e. The van der Waals surface area contributed by atoms with Crippen molar-refractivity contribution in [3.63, 3.8) is 0 Å². The first-order chi connectivity index (χ1) is 29.2. The monoisotopic (exact) mass is 874 g/mol. The van der Waals surface area contributed by atoms with Crippen LogP contribution >= 0.6 is 0 Å². The fourth-order valence-corrected chi connectivity index (χ4v) is 6.91. The summed E-state index contributed by atoms with van der Waals surface area (Å²) >= 11 is 0. The Morgan fingerprint density at radius 1 is 0.710 bits per heavy atom. The molecule has 1 saturated heterocycles. The van der Waals surface area contributed by atoms with Gasteiger partial charge >= 0.3 is 5.97 Å². The quantitative estimate of drug-likeness (QED) is 0.0802. The van der Waals surface area contributed by atoms with E-state index in [1.165, 1.54) is 57.9 Å². The van der Waals surface area contributed by atoms with E-state index in [4.69, 9.17) is 10.5 Å². The third-order valence-corrected chi connectivity index (χ3v) is 10.9. The summed E-state index contributed by atoms with van der Waals surface area (Å²) in [4.78, 5) is 107. The number of nitrogens with two attached hydrogens (primary N) is 1. The number of cyclic esters (lactones) is 1. The number of aliphatic hydroxyl groups excluding tert-OH is 1. The Kier molecular flexibility index (Phi) is 23.0. The van der Waals surface area contributed by atoms with Crippen LogP contribution in [0, 0.1) is 11.8 Å². The van der Waals surface area contributed by atoms with Gasteiger partial charge in [0.2, 0.25) is 41.4 Å². The topological polar surface area (TPSA) is 284 Å². The minimum atomic E-state index is -1.52. The van der Waals surface area contributed by atoms with Gasteiger partial charge < -0.3 is 52.6 Å². The Morgan fingerprint density at radius 3 is 1.81 bits per heavy atom. The van der Waals surface area contributed by atoms with E-state index in [-0.39, 0.29) is 30.9 Å². The smallest absolute Gasteiger partial charge is 0.329 e. The molecule has 2 rings (SSSR count). The zero-order valence-corrected chi connectivity index (χ0v) is 37.4. The lowest BCUT2D eigenvalue weighted by atomic mass is 9.93. The fourth-order valence-electron chi connectivity index (χ4n) is 6.91. The summed E-state index contributed by atoms with van der Waals surface area (Å²) in [5, 5.41) is 35.6. The number of carbonyl (C=O) groups excluding carboxylic acids is 8. The molecule has 10 N–H and O–H groups in total. The van der Waals surface area contributed by atoms with E-state index in [2.05, 4.69) is 38.8 Å². The highest BCUT2D eigenvalue weighted by Crippen LogP contribution is 2.22. The number of primary amides is 1. The molecule has 1 heterocycles. The first-order valence-electron chi connectivity index (χ1n) is 22.0. The first-order valence-corrected chi connectivity index (χ1v) is 22.0. The number of amides is 7. The van der Waals surface area contributed by atoms with Crippen molar-refractivity contribution in [1.29, 1.82) is 0 Å². The van der Waals surface area contributed by atoms with E-state index in [9.17, 15) is 48.6 Å². The van der Waals surface area contributed by atoms with E-state index in [1.54, 1.807) is 13.8 Å². The fraction of sp³-hybridized carbons (Fsp3) is 0.682. The second-order valence-corrected chi connectivity index (χ2v) is 16.9. The number of unbranched alkanes of at least 4 members (excludes halogenated alkanes) is 7. The molecule has 0 radical (unpaired) electrons. The second kappa shape index (κ2) is 26.9. The molecule has 9 atom stereocenters. The highest BCUT2D eigenvalue weighted by molar-refractivity contribution is 5.97. The zero-order chi connectivity index (χ0) is 46.5. The van der Waals surface area contributed by atoms with Crippen LogP contribution in [0.2, 0.25) is 0 Å². The number of aliphatic hydroxyl groups is 1. The number of carbonyl (C=O) groups is 8. The number of phenols is 1. The average Bonchev–Trinajstić information content (AvgIpc) is 3.20. The molecule has 1 aliphatic rings. The van der Waals surface area contributed by atoms with Crippen LogP contribution < -0.4 is 37.6 Å². The Morgan fingerprint density at radius 2 is 1.24 bits per heavy atom. The van der Waals surface area contributed by atoms with Gasteiger partial charge in [-0.25, -0.2) is 4.79 Å². The molecule has 348 valence electrons. The normalized spacial score (nSPS) is 25.0. The Hall–Kier alpha value is -5.26. The third kappa shape index (κ3) is 18.8. The first kappa shape index (κ1) is 52.9. The van der Waals surface area contributed by atoms with Crippen molar-refractivity contribution in [2.45, 2.75) is 180 Å². The molecule has 0 spiro atoms. The van der Waals surface area contributed by atoms with Gasteiger partial charge in [-0.1, -0.05) is 91.2 Å². The highest BCUT2D eigenvalue weighted by atomic mass is 16.5. The molecule has 0 saturated carbocycles. The summed E-state index contributed by atoms with van der Waals surface area (Å²) in [6.45, 7) is 11.3. The molecular weight excluding hydrogens is 803 g/mol. The molecule has 0 bridgehead atoms. The number of phenolic OH excluding ortho intramolecular Hbond substituents is 1. The Bertz CT molecular complexity index is 1660. The predicted octanol–water partition coefficient (Wildman–Crippen LogP) is 1.67. The third-order valence-electron chi connectivity index (χ3n) is 10.9. The molecular formula is C44H71N7O11. The zero-order valence-electron chi connectivity index (χ0n) is 37.4. The van der Waals surface area contributed by atoms with Gasteiger partial charge in [-0.15, -0.1) is 0 Å². The number of aromatic hydroxyl groups is 1. The molecule has 7 amide bonds. The predicted molar refractivity (Wildman–Crippen MR) is 231 cm³/mol. The molecule has 1 aliphatic heterocycles. The van der Waals surface area contributed by atoms with Crippen molar-refractivity contribution in [3.05, 3.63) is 29.8 Å². The number of nitrogens with one attached hydrogen (secondary N) is 6. The summed E-state index contributed by atoms with van der Waals surface area (Å²) in [6.07, 6.45) is 5.57. The van der Waals surface area contributed by atoms with Gasteiger partial charge in [0.15, 0.2) is 0 Å². The van der Waals surface area contributed by atoms with Gasteiger partial charge in [0, 0.05) is 12.8 Å². The highest BCUT2D eigenvalue weighted by Gasteiger charge is 2.36. The Labute approximate surface area is 365 Å². The van der Waals surface area contributed by atoms with Crippen molar-refractivity contribution >= 4 is 47.3 Å². The molecule has 1 aromatic carbocycles. The summed E-state index contributed by atoms with van der Waals surface area (Å²) in [5.74, 6) is -7.54. The van der Waals surface area contributed by atoms with Gasteiger partial charge in [0.1, 0.15) is 48.1 Å². The number of hydrogen-bond donors (Lipinski definition) is 9. The average molecular weight is 874 g/mol. The number of hydrogen-bond acceptors (Lipinski definition) is 11. The molecule has 18 nitrogen and oxygen atoms in total. The van der Waals surface area contributed by atoms with Crippen LogP contribution in [-0.4, -0.2) is 106 Å². The lowest BCUT2D eigenvalue weighted by Crippen LogP contribution is -2.60. The molecule has 62 heavy (non-hydrogen) atoms. The molecule has 4 unspecified atom stereocenters. The SMILES string of the molecule is CCCCCCCCCC[C@H](C)C1CC(=O)NC([C@@H](C)O)C(=O)N[C@@H](C)C(=O)N[C@H](C)C(=O)NC(CCC(N)=O)C(=O)N[C@H](Cc2ccc(O)cc2)C(=O)NC(C(C)C)C(=O)O1. The van der Waals surface area contributed by atoms with Crippen LogP contribution in [-0.2, 0) is 49.5 Å². The number of rotatable bonds is 17. The van der Waals surface area contributed by atoms with Crippen molar-refractivity contribution in [2.75, 3.05) is 0 Å². The van der Waals surface area contributed by atoms with Crippen LogP contribution in [0.4, 0.5) is 0 Å². The summed E-state index contributed by atoms with van der Waals surface area (Å²) in [6, 6.07) is -2.27. The molecule has 1 fully saturated rings. The van der Waals surface area contributed by atoms with Crippen molar-refractivity contribution in [2.24, 2.45) is 17.6 Å². The largest absolute Gasteiger partial charge is 0.508 e. The maximum atomic E-state index is 14.2.